The van der Waals surface area contributed by atoms with Crippen LogP contribution in [0.1, 0.15) is 46.7 Å². The fourth-order valence-electron chi connectivity index (χ4n) is 5.70. The predicted octanol–water partition coefficient (Wildman–Crippen LogP) is 5.69. The molecule has 0 saturated heterocycles. The highest BCUT2D eigenvalue weighted by atomic mass is 16.3. The smallest absolute Gasteiger partial charge is 0.147 e. The van der Waals surface area contributed by atoms with Gasteiger partial charge in [0.15, 0.2) is 0 Å². The van der Waals surface area contributed by atoms with Crippen molar-refractivity contribution in [1.29, 1.82) is 0 Å². The van der Waals surface area contributed by atoms with Crippen molar-refractivity contribution in [3.8, 4) is 0 Å². The molecular formula is C33H36N4O3. The van der Waals surface area contributed by atoms with Crippen molar-refractivity contribution < 1.29 is 14.0 Å². The molecule has 5 rings (SSSR count). The zero-order valence-electron chi connectivity index (χ0n) is 23.7. The third kappa shape index (κ3) is 5.83. The Hall–Kier alpha value is -4.26. The predicted molar refractivity (Wildman–Crippen MR) is 155 cm³/mol. The molecule has 3 heterocycles. The first-order chi connectivity index (χ1) is 19.2. The monoisotopic (exact) mass is 536 g/mol. The largest absolute Gasteiger partial charge is 0.464 e. The minimum Gasteiger partial charge on any atom is -0.464 e. The second-order valence-electron chi connectivity index (χ2n) is 10.9. The van der Waals surface area contributed by atoms with Crippen LogP contribution in [0.25, 0.3) is 11.0 Å². The molecule has 2 aromatic carbocycles. The minimum absolute atomic E-state index is 0.0376. The Balaban J connectivity index is 1.51. The Bertz CT molecular complexity index is 1590. The van der Waals surface area contributed by atoms with E-state index in [0.717, 1.165) is 44.9 Å². The number of rotatable bonds is 12. The number of Topliss-reactive ketones (excluding diaryl/α,β-unsaturated/α-hetero) is 2. The van der Waals surface area contributed by atoms with E-state index in [2.05, 4.69) is 16.3 Å². The van der Waals surface area contributed by atoms with Crippen LogP contribution in [0, 0.1) is 19.3 Å². The summed E-state index contributed by atoms with van der Waals surface area (Å²) in [5.41, 5.74) is 5.17. The summed E-state index contributed by atoms with van der Waals surface area (Å²) >= 11 is 0. The molecule has 0 atom stereocenters. The molecule has 0 saturated carbocycles. The molecule has 0 spiro atoms. The molecule has 0 N–H and O–H groups in total. The number of aromatic nitrogens is 4. The zero-order valence-corrected chi connectivity index (χ0v) is 23.7. The summed E-state index contributed by atoms with van der Waals surface area (Å²) in [6.07, 6.45) is 3.92. The summed E-state index contributed by atoms with van der Waals surface area (Å²) in [5, 5.41) is 10.0. The Morgan fingerprint density at radius 2 is 1.32 bits per heavy atom. The van der Waals surface area contributed by atoms with Crippen LogP contribution in [0.2, 0.25) is 0 Å². The Kier molecular flexibility index (Phi) is 7.83. The van der Waals surface area contributed by atoms with Crippen LogP contribution in [0.5, 0.6) is 0 Å². The van der Waals surface area contributed by atoms with E-state index in [9.17, 15) is 9.59 Å². The van der Waals surface area contributed by atoms with Crippen molar-refractivity contribution in [2.75, 3.05) is 0 Å². The molecule has 0 bridgehead atoms. The first-order valence-corrected chi connectivity index (χ1v) is 13.8. The standard InChI is InChI=1S/C33H36N4O3/c1-23-18-28(36(3)34-23)21-33(22-29-19-24(2)35-37(29)4,31(38)14-11-25-8-6-5-7-9-25)32(39)15-12-26-10-13-30-27(20-26)16-17-40-30/h5-10,13,16-20H,11-12,14-15,21-22H2,1-4H3. The quantitative estimate of drug-likeness (QED) is 0.191. The van der Waals surface area contributed by atoms with Gasteiger partial charge in [-0.2, -0.15) is 10.2 Å². The van der Waals surface area contributed by atoms with Gasteiger partial charge in [-0.1, -0.05) is 36.4 Å². The number of aryl methyl sites for hydroxylation is 6. The van der Waals surface area contributed by atoms with Gasteiger partial charge in [0, 0.05) is 56.6 Å². The van der Waals surface area contributed by atoms with E-state index >= 15 is 0 Å². The third-order valence-corrected chi connectivity index (χ3v) is 7.87. The number of furan rings is 1. The molecule has 0 amide bonds. The van der Waals surface area contributed by atoms with Gasteiger partial charge in [0.05, 0.1) is 23.1 Å². The molecule has 206 valence electrons. The van der Waals surface area contributed by atoms with Gasteiger partial charge in [-0.05, 0) is 68.1 Å². The van der Waals surface area contributed by atoms with Gasteiger partial charge in [-0.25, -0.2) is 0 Å². The van der Waals surface area contributed by atoms with E-state index in [1.54, 1.807) is 15.6 Å². The van der Waals surface area contributed by atoms with Crippen molar-refractivity contribution in [1.82, 2.24) is 19.6 Å². The van der Waals surface area contributed by atoms with Crippen molar-refractivity contribution in [3.63, 3.8) is 0 Å². The average molecular weight is 537 g/mol. The lowest BCUT2D eigenvalue weighted by molar-refractivity contribution is -0.141. The lowest BCUT2D eigenvalue weighted by Crippen LogP contribution is -2.44. The number of carbonyl (C=O) groups excluding carboxylic acids is 2. The Morgan fingerprint density at radius 3 is 1.88 bits per heavy atom. The van der Waals surface area contributed by atoms with E-state index in [0.29, 0.717) is 25.7 Å². The van der Waals surface area contributed by atoms with Crippen molar-refractivity contribution in [3.05, 3.63) is 107 Å². The van der Waals surface area contributed by atoms with Gasteiger partial charge in [0.25, 0.3) is 0 Å². The molecular weight excluding hydrogens is 500 g/mol. The van der Waals surface area contributed by atoms with Crippen molar-refractivity contribution in [2.45, 2.75) is 52.4 Å². The Morgan fingerprint density at radius 1 is 0.750 bits per heavy atom. The number of fused-ring (bicyclic) bond motifs is 1. The number of hydrogen-bond acceptors (Lipinski definition) is 5. The highest BCUT2D eigenvalue weighted by molar-refractivity contribution is 6.07. The van der Waals surface area contributed by atoms with Crippen LogP contribution in [0.15, 0.2) is 77.4 Å². The molecule has 0 unspecified atom stereocenters. The highest BCUT2D eigenvalue weighted by Gasteiger charge is 2.45. The average Bonchev–Trinajstić information content (AvgIpc) is 3.63. The summed E-state index contributed by atoms with van der Waals surface area (Å²) in [5.74, 6) is -0.0834. The number of hydrogen-bond donors (Lipinski definition) is 0. The van der Waals surface area contributed by atoms with Gasteiger partial charge < -0.3 is 4.42 Å². The normalized spacial score (nSPS) is 11.8. The second kappa shape index (κ2) is 11.5. The number of carbonyl (C=O) groups is 2. The van der Waals surface area contributed by atoms with E-state index in [-0.39, 0.29) is 24.4 Å². The lowest BCUT2D eigenvalue weighted by atomic mass is 9.69. The maximum atomic E-state index is 14.5. The van der Waals surface area contributed by atoms with Crippen LogP contribution in [-0.4, -0.2) is 31.1 Å². The molecule has 0 aliphatic heterocycles. The van der Waals surface area contributed by atoms with Gasteiger partial charge in [0.1, 0.15) is 17.1 Å². The van der Waals surface area contributed by atoms with E-state index in [1.165, 1.54) is 0 Å². The topological polar surface area (TPSA) is 82.9 Å². The fourth-order valence-corrected chi connectivity index (χ4v) is 5.70. The van der Waals surface area contributed by atoms with Gasteiger partial charge in [-0.3, -0.25) is 19.0 Å². The molecule has 0 aliphatic rings. The fraction of sp³-hybridized carbons (Fsp3) is 0.333. The molecule has 7 nitrogen and oxygen atoms in total. The van der Waals surface area contributed by atoms with E-state index in [1.807, 2.05) is 88.6 Å². The summed E-state index contributed by atoms with van der Waals surface area (Å²) < 4.78 is 9.07. The first kappa shape index (κ1) is 27.3. The minimum atomic E-state index is -1.24. The van der Waals surface area contributed by atoms with Crippen LogP contribution in [0.3, 0.4) is 0 Å². The van der Waals surface area contributed by atoms with Crippen LogP contribution < -0.4 is 0 Å². The number of ketones is 2. The molecule has 0 fully saturated rings. The zero-order chi connectivity index (χ0) is 28.3. The highest BCUT2D eigenvalue weighted by Crippen LogP contribution is 2.35. The molecule has 40 heavy (non-hydrogen) atoms. The van der Waals surface area contributed by atoms with Crippen molar-refractivity contribution in [2.24, 2.45) is 19.5 Å². The SMILES string of the molecule is Cc1cc(CC(Cc2cc(C)nn2C)(C(=O)CCc2ccccc2)C(=O)CCc2ccc3occc3c2)n(C)n1. The molecule has 7 heteroatoms. The van der Waals surface area contributed by atoms with Crippen LogP contribution >= 0.6 is 0 Å². The third-order valence-electron chi connectivity index (χ3n) is 7.87. The van der Waals surface area contributed by atoms with Crippen molar-refractivity contribution >= 4 is 22.5 Å². The van der Waals surface area contributed by atoms with E-state index < -0.39 is 5.41 Å². The van der Waals surface area contributed by atoms with Gasteiger partial charge in [0.2, 0.25) is 0 Å². The van der Waals surface area contributed by atoms with Crippen LogP contribution in [0.4, 0.5) is 0 Å². The first-order valence-electron chi connectivity index (χ1n) is 13.8. The number of benzene rings is 2. The molecule has 0 aliphatic carbocycles. The van der Waals surface area contributed by atoms with E-state index in [4.69, 9.17) is 4.42 Å². The summed E-state index contributed by atoms with van der Waals surface area (Å²) in [4.78, 5) is 28.8. The summed E-state index contributed by atoms with van der Waals surface area (Å²) in [6, 6.07) is 21.8. The Labute approximate surface area is 234 Å². The molecule has 5 aromatic rings. The maximum absolute atomic E-state index is 14.5. The maximum Gasteiger partial charge on any atom is 0.147 e. The second-order valence-corrected chi connectivity index (χ2v) is 10.9. The molecule has 3 aromatic heterocycles. The van der Waals surface area contributed by atoms with Gasteiger partial charge >= 0.3 is 0 Å². The lowest BCUT2D eigenvalue weighted by Gasteiger charge is -2.31. The summed E-state index contributed by atoms with van der Waals surface area (Å²) in [6.45, 7) is 3.86. The van der Waals surface area contributed by atoms with Crippen LogP contribution in [-0.2, 0) is 49.4 Å². The molecule has 0 radical (unpaired) electrons. The van der Waals surface area contributed by atoms with Gasteiger partial charge in [-0.15, -0.1) is 0 Å². The number of nitrogens with zero attached hydrogens (tertiary/aromatic N) is 4. The summed E-state index contributed by atoms with van der Waals surface area (Å²) in [7, 11) is 3.75.